The first-order valence-electron chi connectivity index (χ1n) is 25.9. The fourth-order valence-electron chi connectivity index (χ4n) is 8.43. The van der Waals surface area contributed by atoms with Crippen LogP contribution < -0.4 is 18.3 Å². The van der Waals surface area contributed by atoms with Crippen molar-refractivity contribution in [2.75, 3.05) is 34.5 Å². The molecular weight excluding hydrogens is 977 g/mol. The van der Waals surface area contributed by atoms with Gasteiger partial charge >= 0.3 is 23.9 Å². The maximum absolute atomic E-state index is 13.0. The van der Waals surface area contributed by atoms with Gasteiger partial charge in [0.25, 0.3) is 16.6 Å². The van der Waals surface area contributed by atoms with Crippen LogP contribution in [-0.2, 0) is 59.0 Å². The highest BCUT2D eigenvalue weighted by Gasteiger charge is 2.45. The lowest BCUT2D eigenvalue weighted by molar-refractivity contribution is -0.148. The Balaban J connectivity index is 0.000000326. The van der Waals surface area contributed by atoms with Crippen LogP contribution in [0.25, 0.3) is 0 Å². The third-order valence-corrected chi connectivity index (χ3v) is 29.8. The van der Waals surface area contributed by atoms with Crippen LogP contribution in [0.2, 0.25) is 54.4 Å². The van der Waals surface area contributed by atoms with Crippen LogP contribution in [0.5, 0.6) is 23.0 Å². The summed E-state index contributed by atoms with van der Waals surface area (Å²) in [7, 11) is -1.75. The fraction of sp³-hybridized carbons (Fsp3) is 0.649. The molecule has 2 aromatic rings. The Morgan fingerprint density at radius 2 is 1.10 bits per heavy atom. The Morgan fingerprint density at radius 1 is 0.658 bits per heavy atom. The summed E-state index contributed by atoms with van der Waals surface area (Å²) in [5.74, 6) is 1.68. The van der Waals surface area contributed by atoms with Crippen molar-refractivity contribution in [1.82, 2.24) is 0 Å². The third-order valence-electron chi connectivity index (χ3n) is 16.6. The maximum Gasteiger partial charge on any atom is 0.342 e. The minimum atomic E-state index is -2.32. The molecule has 73 heavy (non-hydrogen) atoms. The molecule has 2 unspecified atom stereocenters. The van der Waals surface area contributed by atoms with Gasteiger partial charge in [-0.3, -0.25) is 9.59 Å². The van der Waals surface area contributed by atoms with Crippen molar-refractivity contribution < 1.29 is 60.9 Å². The second kappa shape index (κ2) is 23.7. The van der Waals surface area contributed by atoms with Crippen molar-refractivity contribution in [2.24, 2.45) is 11.8 Å². The number of allylic oxidation sites excluding steroid dienone is 4. The first-order chi connectivity index (χ1) is 33.5. The molecule has 0 aromatic heterocycles. The molecule has 16 heteroatoms. The van der Waals surface area contributed by atoms with E-state index in [1.54, 1.807) is 14.2 Å². The first kappa shape index (κ1) is 61.2. The molecule has 0 radical (unpaired) electrons. The zero-order valence-electron chi connectivity index (χ0n) is 48.7. The topological polar surface area (TPSA) is 151 Å². The van der Waals surface area contributed by atoms with Crippen molar-refractivity contribution >= 4 is 48.8 Å². The smallest absolute Gasteiger partial charge is 0.342 e. The highest BCUT2D eigenvalue weighted by molar-refractivity contribution is 6.75. The number of esters is 4. The number of hydrogen-bond acceptors (Lipinski definition) is 13. The average molecular weight is 1070 g/mol. The Hall–Kier alpha value is -4.39. The Labute approximate surface area is 441 Å². The van der Waals surface area contributed by atoms with E-state index in [1.807, 2.05) is 13.8 Å². The molecule has 0 bridgehead atoms. The summed E-state index contributed by atoms with van der Waals surface area (Å²) in [5, 5.41) is 0.00466. The van der Waals surface area contributed by atoms with E-state index in [-0.39, 0.29) is 70.5 Å². The van der Waals surface area contributed by atoms with Crippen LogP contribution in [0.1, 0.15) is 156 Å². The second-order valence-electron chi connectivity index (χ2n) is 24.6. The monoisotopic (exact) mass is 1070 g/mol. The largest absolute Gasteiger partial charge is 0.543 e. The van der Waals surface area contributed by atoms with Gasteiger partial charge in [0, 0.05) is 28.9 Å². The standard InChI is InChI=1S/C32H54O7Si2.C25H36O6Si/c1-21(23(19-26(33)35-9)17-18-38-40(11,12)31(3,4)5)15-16-24-28(36-10)22(2)25-20-37-30(34)27(25)29(24)39-41(13,14)32(6,7)8;1-15(17-11-12-29-20(26)13-17)9-10-18-22(28-6)16(2)19-14-30-24(27)21(19)23(18)31-32(7,8)25(3,4)5/h15,23H,16-20H2,1-14H3;9,17H,10-14H2,1-8H3/b21-15+;15-9+. The van der Waals surface area contributed by atoms with Gasteiger partial charge in [0.1, 0.15) is 47.3 Å². The minimum Gasteiger partial charge on any atom is -0.543 e. The van der Waals surface area contributed by atoms with Crippen LogP contribution in [-0.4, -0.2) is 83.4 Å². The van der Waals surface area contributed by atoms with Gasteiger partial charge in [-0.2, -0.15) is 0 Å². The lowest BCUT2D eigenvalue weighted by atomic mass is 9.90. The molecule has 0 saturated carbocycles. The molecule has 2 atom stereocenters. The van der Waals surface area contributed by atoms with E-state index in [2.05, 4.69) is 128 Å². The number of carbonyl (C=O) groups is 4. The number of carbonyl (C=O) groups excluding carboxylic acids is 4. The van der Waals surface area contributed by atoms with E-state index in [9.17, 15) is 19.2 Å². The SMILES string of the molecule is COC(=O)CC(CCO[Si](C)(C)C(C)(C)C)/C(C)=C/Cc1c(OC)c(C)c2c(c1O[Si](C)(C)C(C)(C)C)C(=O)OC2.COc1c(C)c2c(c(O[Si](C)(C)C(C)(C)C)c1C/C=C(\C)C1CCOC(=O)C1)C(=O)OC2. The molecule has 408 valence electrons. The summed E-state index contributed by atoms with van der Waals surface area (Å²) < 4.78 is 52.8. The minimum absolute atomic E-state index is 0.0357. The van der Waals surface area contributed by atoms with Crippen LogP contribution in [0.15, 0.2) is 23.3 Å². The molecule has 5 rings (SSSR count). The number of ether oxygens (including phenoxy) is 6. The second-order valence-corrected chi connectivity index (χ2v) is 38.9. The van der Waals surface area contributed by atoms with Crippen LogP contribution in [0.3, 0.4) is 0 Å². The lowest BCUT2D eigenvalue weighted by Crippen LogP contribution is -2.44. The van der Waals surface area contributed by atoms with Crippen molar-refractivity contribution in [3.8, 4) is 23.0 Å². The molecule has 2 aromatic carbocycles. The Kier molecular flexibility index (Phi) is 19.8. The zero-order chi connectivity index (χ0) is 55.4. The quantitative estimate of drug-likeness (QED) is 0.0603. The molecule has 1 fully saturated rings. The van der Waals surface area contributed by atoms with Gasteiger partial charge < -0.3 is 41.7 Å². The highest BCUT2D eigenvalue weighted by Crippen LogP contribution is 2.49. The molecule has 0 amide bonds. The predicted octanol–water partition coefficient (Wildman–Crippen LogP) is 13.6. The summed E-state index contributed by atoms with van der Waals surface area (Å²) >= 11 is 0. The summed E-state index contributed by atoms with van der Waals surface area (Å²) in [5.41, 5.74) is 8.45. The number of methoxy groups -OCH3 is 3. The Bertz CT molecular complexity index is 2440. The highest BCUT2D eigenvalue weighted by atomic mass is 28.4. The van der Waals surface area contributed by atoms with Crippen LogP contribution >= 0.6 is 0 Å². The summed E-state index contributed by atoms with van der Waals surface area (Å²) in [6.45, 7) is 42.4. The molecule has 0 N–H and O–H groups in total. The lowest BCUT2D eigenvalue weighted by Gasteiger charge is -2.38. The summed E-state index contributed by atoms with van der Waals surface area (Å²) in [6.07, 6.45) is 7.52. The number of benzene rings is 2. The van der Waals surface area contributed by atoms with Gasteiger partial charge in [0.2, 0.25) is 0 Å². The first-order valence-corrected chi connectivity index (χ1v) is 34.6. The van der Waals surface area contributed by atoms with Gasteiger partial charge in [0.15, 0.2) is 8.32 Å². The zero-order valence-corrected chi connectivity index (χ0v) is 51.7. The van der Waals surface area contributed by atoms with E-state index in [0.29, 0.717) is 67.3 Å². The maximum atomic E-state index is 13.0. The van der Waals surface area contributed by atoms with E-state index in [0.717, 1.165) is 56.7 Å². The van der Waals surface area contributed by atoms with E-state index >= 15 is 0 Å². The van der Waals surface area contributed by atoms with E-state index < -0.39 is 25.0 Å². The Morgan fingerprint density at radius 3 is 1.49 bits per heavy atom. The van der Waals surface area contributed by atoms with Gasteiger partial charge in [0.05, 0.1) is 40.8 Å². The van der Waals surface area contributed by atoms with Crippen molar-refractivity contribution in [2.45, 2.75) is 196 Å². The molecule has 3 aliphatic rings. The van der Waals surface area contributed by atoms with Crippen molar-refractivity contribution in [3.05, 3.63) is 67.8 Å². The molecule has 1 saturated heterocycles. The van der Waals surface area contributed by atoms with Crippen LogP contribution in [0, 0.1) is 25.7 Å². The van der Waals surface area contributed by atoms with Crippen molar-refractivity contribution in [1.29, 1.82) is 0 Å². The van der Waals surface area contributed by atoms with Gasteiger partial charge in [-0.05, 0) is 131 Å². The normalized spacial score (nSPS) is 17.1. The number of hydrogen-bond donors (Lipinski definition) is 0. The van der Waals surface area contributed by atoms with E-state index in [4.69, 9.17) is 41.7 Å². The molecule has 0 aliphatic carbocycles. The number of rotatable bonds is 18. The van der Waals surface area contributed by atoms with E-state index in [1.165, 1.54) is 7.11 Å². The molecular formula is C57H90O13Si3. The molecule has 13 nitrogen and oxygen atoms in total. The summed E-state index contributed by atoms with van der Waals surface area (Å²) in [4.78, 5) is 49.8. The molecule has 3 heterocycles. The molecule has 0 spiro atoms. The number of fused-ring (bicyclic) bond motifs is 2. The van der Waals surface area contributed by atoms with Crippen molar-refractivity contribution in [3.63, 3.8) is 0 Å². The number of cyclic esters (lactones) is 3. The van der Waals surface area contributed by atoms with Gasteiger partial charge in [-0.1, -0.05) is 85.6 Å². The predicted molar refractivity (Wildman–Crippen MR) is 296 cm³/mol. The van der Waals surface area contributed by atoms with Gasteiger partial charge in [-0.25, -0.2) is 9.59 Å². The summed E-state index contributed by atoms with van der Waals surface area (Å²) in [6, 6.07) is 0. The molecule has 3 aliphatic heterocycles. The van der Waals surface area contributed by atoms with Gasteiger partial charge in [-0.15, -0.1) is 0 Å². The van der Waals surface area contributed by atoms with Crippen LogP contribution in [0.4, 0.5) is 0 Å². The average Bonchev–Trinajstić information content (AvgIpc) is 3.87. The fourth-order valence-corrected chi connectivity index (χ4v) is 11.6. The third kappa shape index (κ3) is 14.1.